The summed E-state index contributed by atoms with van der Waals surface area (Å²) in [4.78, 5) is 55.5. The van der Waals surface area contributed by atoms with Gasteiger partial charge in [-0.2, -0.15) is 0 Å². The fraction of sp³-hybridized carbons (Fsp3) is 0.391. The second-order valence-corrected chi connectivity index (χ2v) is 16.9. The van der Waals surface area contributed by atoms with Gasteiger partial charge in [-0.1, -0.05) is 97.1 Å². The van der Waals surface area contributed by atoms with Gasteiger partial charge in [-0.15, -0.1) is 0 Å². The van der Waals surface area contributed by atoms with Crippen molar-refractivity contribution in [1.82, 2.24) is 16.0 Å². The van der Waals surface area contributed by atoms with Crippen LogP contribution < -0.4 is 21.4 Å². The summed E-state index contributed by atoms with van der Waals surface area (Å²) in [5.41, 5.74) is 1.78. The normalized spacial score (nSPS) is 15.9. The Labute approximate surface area is 347 Å². The zero-order chi connectivity index (χ0) is 42.8. The Hall–Kier alpha value is -5.66. The smallest absolute Gasteiger partial charge is 0.494 e. The van der Waals surface area contributed by atoms with Gasteiger partial charge in [0, 0.05) is 12.8 Å². The SMILES string of the molecule is CC(C)(C)OC(=O)N[C@@H](Cc1cccc(O)c1)C(=O)N[C@@H](CCc1ccccc1)C(=O)N[C@@H](Cc1cccc(B2OC(C)(C)C(C)(C)O2)c1)C(=O)OCc1ccccc1. The lowest BCUT2D eigenvalue weighted by Gasteiger charge is -2.32. The fourth-order valence-electron chi connectivity index (χ4n) is 6.45. The molecule has 0 radical (unpaired) electrons. The van der Waals surface area contributed by atoms with Gasteiger partial charge in [-0.05, 0) is 101 Å². The number of rotatable bonds is 16. The first-order chi connectivity index (χ1) is 27.9. The number of phenolic OH excluding ortho intramolecular Hbond substituents is 1. The van der Waals surface area contributed by atoms with E-state index in [9.17, 15) is 24.3 Å². The van der Waals surface area contributed by atoms with Crippen molar-refractivity contribution >= 4 is 36.5 Å². The van der Waals surface area contributed by atoms with Crippen LogP contribution in [-0.4, -0.2) is 71.0 Å². The van der Waals surface area contributed by atoms with Crippen molar-refractivity contribution in [2.24, 2.45) is 0 Å². The predicted octanol–water partition coefficient (Wildman–Crippen LogP) is 5.72. The van der Waals surface area contributed by atoms with Crippen LogP contribution in [0.1, 0.15) is 77.1 Å². The van der Waals surface area contributed by atoms with Gasteiger partial charge < -0.3 is 39.8 Å². The van der Waals surface area contributed by atoms with Crippen molar-refractivity contribution < 1.29 is 43.1 Å². The molecule has 59 heavy (non-hydrogen) atoms. The molecule has 1 heterocycles. The molecular weight excluding hydrogens is 749 g/mol. The van der Waals surface area contributed by atoms with E-state index in [-0.39, 0.29) is 31.6 Å². The number of benzene rings is 4. The standard InChI is InChI=1S/C46H56BN3O9/c1-44(2,3)57-43(55)50-38(28-34-21-15-23-36(51)27-34)41(53)48-37(25-24-31-16-10-8-11-17-31)40(52)49-39(42(54)56-30-32-18-12-9-13-19-32)29-33-20-14-22-35(26-33)47-58-45(4,5)46(6,7)59-47/h8-23,26-27,37-39,51H,24-25,28-30H2,1-7H3,(H,48,53)(H,49,52)(H,50,55)/t37-,38-,39-/m0/s1. The average Bonchev–Trinajstić information content (AvgIpc) is 3.40. The molecule has 4 aromatic rings. The highest BCUT2D eigenvalue weighted by Crippen LogP contribution is 2.36. The van der Waals surface area contributed by atoms with Gasteiger partial charge in [0.2, 0.25) is 11.8 Å². The highest BCUT2D eigenvalue weighted by molar-refractivity contribution is 6.62. The Balaban J connectivity index is 1.41. The van der Waals surface area contributed by atoms with Crippen molar-refractivity contribution in [3.63, 3.8) is 0 Å². The molecule has 0 saturated carbocycles. The van der Waals surface area contributed by atoms with E-state index < -0.39 is 65.9 Å². The minimum absolute atomic E-state index is 0.00857. The van der Waals surface area contributed by atoms with Crippen LogP contribution in [-0.2, 0) is 59.0 Å². The number of phenols is 1. The number of esters is 1. The van der Waals surface area contributed by atoms with Crippen LogP contribution in [0.5, 0.6) is 5.75 Å². The van der Waals surface area contributed by atoms with E-state index in [4.69, 9.17) is 18.8 Å². The van der Waals surface area contributed by atoms with E-state index >= 15 is 0 Å². The number of nitrogens with one attached hydrogen (secondary N) is 3. The molecule has 0 unspecified atom stereocenters. The summed E-state index contributed by atoms with van der Waals surface area (Å²) in [6, 6.07) is 29.0. The Bertz CT molecular complexity index is 2040. The first-order valence-corrected chi connectivity index (χ1v) is 19.9. The average molecular weight is 806 g/mol. The third kappa shape index (κ3) is 13.2. The number of hydrogen-bond donors (Lipinski definition) is 4. The number of amides is 3. The van der Waals surface area contributed by atoms with E-state index in [1.165, 1.54) is 12.1 Å². The molecule has 13 heteroatoms. The van der Waals surface area contributed by atoms with Crippen molar-refractivity contribution in [2.75, 3.05) is 0 Å². The largest absolute Gasteiger partial charge is 0.508 e. The number of carbonyl (C=O) groups is 4. The van der Waals surface area contributed by atoms with Crippen LogP contribution >= 0.6 is 0 Å². The van der Waals surface area contributed by atoms with E-state index in [2.05, 4.69) is 16.0 Å². The maximum absolute atomic E-state index is 14.4. The quantitative estimate of drug-likeness (QED) is 0.0821. The first kappa shape index (κ1) is 44.4. The van der Waals surface area contributed by atoms with Gasteiger partial charge in [0.25, 0.3) is 0 Å². The zero-order valence-electron chi connectivity index (χ0n) is 35.0. The lowest BCUT2D eigenvalue weighted by Crippen LogP contribution is -2.57. The van der Waals surface area contributed by atoms with Crippen molar-refractivity contribution in [3.05, 3.63) is 131 Å². The molecule has 0 bridgehead atoms. The van der Waals surface area contributed by atoms with Gasteiger partial charge >= 0.3 is 19.2 Å². The Morgan fingerprint density at radius 3 is 1.80 bits per heavy atom. The molecular formula is C46H56BN3O9. The summed E-state index contributed by atoms with van der Waals surface area (Å²) < 4.78 is 23.8. The van der Waals surface area contributed by atoms with Gasteiger partial charge in [-0.25, -0.2) is 9.59 Å². The summed E-state index contributed by atoms with van der Waals surface area (Å²) in [5, 5.41) is 18.5. The van der Waals surface area contributed by atoms with Gasteiger partial charge in [0.1, 0.15) is 36.1 Å². The minimum Gasteiger partial charge on any atom is -0.508 e. The third-order valence-corrected chi connectivity index (χ3v) is 10.3. The number of aromatic hydroxyl groups is 1. The van der Waals surface area contributed by atoms with Crippen LogP contribution in [0.2, 0.25) is 0 Å². The molecule has 3 atom stereocenters. The lowest BCUT2D eigenvalue weighted by molar-refractivity contribution is -0.149. The third-order valence-electron chi connectivity index (χ3n) is 10.3. The lowest BCUT2D eigenvalue weighted by atomic mass is 9.78. The highest BCUT2D eigenvalue weighted by atomic mass is 16.7. The molecule has 1 aliphatic heterocycles. The van der Waals surface area contributed by atoms with Crippen LogP contribution in [0.15, 0.2) is 109 Å². The Kier molecular flexibility index (Phi) is 14.6. The van der Waals surface area contributed by atoms with Crippen LogP contribution in [0.25, 0.3) is 0 Å². The molecule has 12 nitrogen and oxygen atoms in total. The highest BCUT2D eigenvalue weighted by Gasteiger charge is 2.51. The molecule has 0 aromatic heterocycles. The molecule has 312 valence electrons. The summed E-state index contributed by atoms with van der Waals surface area (Å²) in [7, 11) is -0.641. The van der Waals surface area contributed by atoms with Crippen LogP contribution in [0.4, 0.5) is 4.79 Å². The summed E-state index contributed by atoms with van der Waals surface area (Å²) in [6.07, 6.45) is -0.204. The van der Waals surface area contributed by atoms with Crippen molar-refractivity contribution in [1.29, 1.82) is 0 Å². The molecule has 4 aromatic carbocycles. The second-order valence-electron chi connectivity index (χ2n) is 16.9. The summed E-state index contributed by atoms with van der Waals surface area (Å²) in [5.74, 6) is -1.95. The van der Waals surface area contributed by atoms with Gasteiger partial charge in [0.15, 0.2) is 0 Å². The van der Waals surface area contributed by atoms with E-state index in [1.54, 1.807) is 32.9 Å². The molecule has 5 rings (SSSR count). The maximum Gasteiger partial charge on any atom is 0.494 e. The fourth-order valence-corrected chi connectivity index (χ4v) is 6.45. The first-order valence-electron chi connectivity index (χ1n) is 19.9. The van der Waals surface area contributed by atoms with Crippen molar-refractivity contribution in [3.8, 4) is 5.75 Å². The summed E-state index contributed by atoms with van der Waals surface area (Å²) in [6.45, 7) is 13.0. The predicted molar refractivity (Wildman–Crippen MR) is 226 cm³/mol. The number of alkyl carbamates (subject to hydrolysis) is 1. The maximum atomic E-state index is 14.4. The number of hydrogen-bond acceptors (Lipinski definition) is 9. The van der Waals surface area contributed by atoms with E-state index in [1.807, 2.05) is 113 Å². The second kappa shape index (κ2) is 19.4. The van der Waals surface area contributed by atoms with Crippen molar-refractivity contribution in [2.45, 2.75) is 116 Å². The molecule has 1 aliphatic rings. The molecule has 0 aliphatic carbocycles. The van der Waals surface area contributed by atoms with Gasteiger partial charge in [-0.3, -0.25) is 9.59 Å². The van der Waals surface area contributed by atoms with Crippen LogP contribution in [0.3, 0.4) is 0 Å². The topological polar surface area (TPSA) is 162 Å². The summed E-state index contributed by atoms with van der Waals surface area (Å²) >= 11 is 0. The van der Waals surface area contributed by atoms with Gasteiger partial charge in [0.05, 0.1) is 11.2 Å². The van der Waals surface area contributed by atoms with E-state index in [0.717, 1.165) is 22.2 Å². The Morgan fingerprint density at radius 1 is 0.661 bits per heavy atom. The minimum atomic E-state index is -1.19. The van der Waals surface area contributed by atoms with E-state index in [0.29, 0.717) is 12.0 Å². The molecule has 1 saturated heterocycles. The molecule has 0 spiro atoms. The van der Waals surface area contributed by atoms with Crippen LogP contribution in [0, 0.1) is 0 Å². The zero-order valence-corrected chi connectivity index (χ0v) is 35.0. The monoisotopic (exact) mass is 805 g/mol. The number of carbonyl (C=O) groups excluding carboxylic acids is 4. The molecule has 4 N–H and O–H groups in total. The molecule has 1 fully saturated rings. The Morgan fingerprint density at radius 2 is 1.19 bits per heavy atom. The number of aryl methyl sites for hydroxylation is 1. The number of ether oxygens (including phenoxy) is 2. The molecule has 3 amide bonds.